The van der Waals surface area contributed by atoms with Crippen LogP contribution in [-0.4, -0.2) is 25.9 Å². The molecule has 4 rings (SSSR count). The number of carboxylic acid groups (broad SMARTS) is 1. The van der Waals surface area contributed by atoms with E-state index in [9.17, 15) is 14.7 Å². The first-order chi connectivity index (χ1) is 12.9. The zero-order chi connectivity index (χ0) is 19.3. The van der Waals surface area contributed by atoms with E-state index in [0.717, 1.165) is 26.5 Å². The molecule has 7 nitrogen and oxygen atoms in total. The highest BCUT2D eigenvalue weighted by Gasteiger charge is 2.27. The van der Waals surface area contributed by atoms with Crippen LogP contribution in [0.2, 0.25) is 0 Å². The zero-order valence-electron chi connectivity index (χ0n) is 14.3. The van der Waals surface area contributed by atoms with Gasteiger partial charge in [0.15, 0.2) is 0 Å². The predicted molar refractivity (Wildman–Crippen MR) is 102 cm³/mol. The van der Waals surface area contributed by atoms with Crippen LogP contribution in [0.5, 0.6) is 0 Å². The van der Waals surface area contributed by atoms with Crippen molar-refractivity contribution in [2.24, 2.45) is 0 Å². The van der Waals surface area contributed by atoms with Crippen molar-refractivity contribution < 1.29 is 19.7 Å². The summed E-state index contributed by atoms with van der Waals surface area (Å²) in [4.78, 5) is 28.3. The van der Waals surface area contributed by atoms with Gasteiger partial charge in [-0.2, -0.15) is 0 Å². The molecular formula is C19H15BrN2O5. The van der Waals surface area contributed by atoms with Gasteiger partial charge in [-0.1, -0.05) is 15.9 Å². The molecule has 3 aromatic rings. The highest BCUT2D eigenvalue weighted by molar-refractivity contribution is 9.10. The number of hydrogen-bond donors (Lipinski definition) is 2. The summed E-state index contributed by atoms with van der Waals surface area (Å²) in [6.45, 7) is 1.54. The molecule has 0 fully saturated rings. The Morgan fingerprint density at radius 2 is 2.11 bits per heavy atom. The molecule has 0 aliphatic carbocycles. The lowest BCUT2D eigenvalue weighted by Crippen LogP contribution is -2.25. The normalized spacial score (nSPS) is 12.1. The number of aliphatic hydroxyl groups excluding tert-OH is 1. The van der Waals surface area contributed by atoms with Gasteiger partial charge >= 0.3 is 6.16 Å². The Morgan fingerprint density at radius 3 is 2.81 bits per heavy atom. The van der Waals surface area contributed by atoms with Gasteiger partial charge in [0.05, 0.1) is 35.6 Å². The summed E-state index contributed by atoms with van der Waals surface area (Å²) in [7, 11) is 0. The number of hydrogen-bond acceptors (Lipinski definition) is 5. The van der Waals surface area contributed by atoms with Crippen LogP contribution in [0.15, 0.2) is 33.5 Å². The standard InChI is InChI=1S/C19H15BrN2O5/c1-9-4-16-17-12(6-22(16)18(24)14(9)8-27-19(25)26)13(7-23)11-5-10(20)2-3-15(11)21-17/h2-5,23H,6-8H2,1H3,(H,25,26). The molecule has 0 unspecified atom stereocenters. The van der Waals surface area contributed by atoms with Crippen LogP contribution < -0.4 is 5.56 Å². The quantitative estimate of drug-likeness (QED) is 0.484. The molecule has 0 bridgehead atoms. The summed E-state index contributed by atoms with van der Waals surface area (Å²) in [6, 6.07) is 7.45. The maximum absolute atomic E-state index is 12.9. The van der Waals surface area contributed by atoms with Gasteiger partial charge in [0.25, 0.3) is 5.56 Å². The predicted octanol–water partition coefficient (Wildman–Crippen LogP) is 3.18. The Morgan fingerprint density at radius 1 is 1.33 bits per heavy atom. The number of aromatic nitrogens is 2. The first-order valence-electron chi connectivity index (χ1n) is 8.22. The van der Waals surface area contributed by atoms with E-state index >= 15 is 0 Å². The Bertz CT molecular complexity index is 1170. The average molecular weight is 431 g/mol. The van der Waals surface area contributed by atoms with Crippen molar-refractivity contribution in [3.05, 3.63) is 61.3 Å². The molecule has 138 valence electrons. The summed E-state index contributed by atoms with van der Waals surface area (Å²) < 4.78 is 7.02. The number of aliphatic hydroxyl groups is 1. The molecule has 1 aromatic carbocycles. The van der Waals surface area contributed by atoms with E-state index in [1.54, 1.807) is 11.5 Å². The van der Waals surface area contributed by atoms with E-state index in [1.165, 1.54) is 0 Å². The molecule has 27 heavy (non-hydrogen) atoms. The van der Waals surface area contributed by atoms with Crippen molar-refractivity contribution in [3.8, 4) is 11.4 Å². The molecule has 0 amide bonds. The number of pyridine rings is 2. The second kappa shape index (κ2) is 6.47. The fourth-order valence-electron chi connectivity index (χ4n) is 3.54. The van der Waals surface area contributed by atoms with Crippen molar-refractivity contribution in [2.75, 3.05) is 0 Å². The number of carbonyl (C=O) groups is 1. The first-order valence-corrected chi connectivity index (χ1v) is 9.01. The smallest absolute Gasteiger partial charge is 0.450 e. The zero-order valence-corrected chi connectivity index (χ0v) is 15.9. The maximum atomic E-state index is 12.9. The summed E-state index contributed by atoms with van der Waals surface area (Å²) in [5.74, 6) is 0. The van der Waals surface area contributed by atoms with E-state index in [4.69, 9.17) is 10.1 Å². The molecule has 0 radical (unpaired) electrons. The maximum Gasteiger partial charge on any atom is 0.506 e. The van der Waals surface area contributed by atoms with E-state index < -0.39 is 6.16 Å². The summed E-state index contributed by atoms with van der Waals surface area (Å²) in [6.07, 6.45) is -1.43. The number of rotatable bonds is 3. The Balaban J connectivity index is 1.94. The molecule has 8 heteroatoms. The fourth-order valence-corrected chi connectivity index (χ4v) is 3.90. The number of nitrogens with zero attached hydrogens (tertiary/aromatic N) is 2. The molecule has 0 saturated carbocycles. The Hall–Kier alpha value is -2.71. The number of fused-ring (bicyclic) bond motifs is 4. The minimum absolute atomic E-state index is 0.172. The lowest BCUT2D eigenvalue weighted by molar-refractivity contribution is 0.0848. The highest BCUT2D eigenvalue weighted by atomic mass is 79.9. The highest BCUT2D eigenvalue weighted by Crippen LogP contribution is 2.36. The molecule has 2 N–H and O–H groups in total. The lowest BCUT2D eigenvalue weighted by Gasteiger charge is -2.10. The topological polar surface area (TPSA) is 102 Å². The SMILES string of the molecule is Cc1cc2n(c(=O)c1COC(=O)O)Cc1c-2nc2ccc(Br)cc2c1CO. The average Bonchev–Trinajstić information content (AvgIpc) is 2.97. The number of ether oxygens (including phenoxy) is 1. The van der Waals surface area contributed by atoms with Crippen molar-refractivity contribution in [3.63, 3.8) is 0 Å². The van der Waals surface area contributed by atoms with Crippen LogP contribution in [-0.2, 0) is 24.5 Å². The molecular weight excluding hydrogens is 416 g/mol. The minimum Gasteiger partial charge on any atom is -0.450 e. The molecule has 2 aromatic heterocycles. The van der Waals surface area contributed by atoms with Gasteiger partial charge in [-0.3, -0.25) is 4.79 Å². The number of halogens is 1. The van der Waals surface area contributed by atoms with Gasteiger partial charge in [-0.15, -0.1) is 0 Å². The fraction of sp³-hybridized carbons (Fsp3) is 0.211. The van der Waals surface area contributed by atoms with Gasteiger partial charge in [-0.05, 0) is 42.3 Å². The van der Waals surface area contributed by atoms with Crippen LogP contribution in [0, 0.1) is 6.92 Å². The van der Waals surface area contributed by atoms with Crippen molar-refractivity contribution in [1.29, 1.82) is 0 Å². The Kier molecular flexibility index (Phi) is 4.24. The molecule has 0 spiro atoms. The van der Waals surface area contributed by atoms with Crippen LogP contribution >= 0.6 is 15.9 Å². The van der Waals surface area contributed by atoms with Crippen LogP contribution in [0.25, 0.3) is 22.3 Å². The second-order valence-corrected chi connectivity index (χ2v) is 7.29. The van der Waals surface area contributed by atoms with Gasteiger partial charge in [-0.25, -0.2) is 9.78 Å². The lowest BCUT2D eigenvalue weighted by atomic mass is 10.0. The third-order valence-electron chi connectivity index (χ3n) is 4.85. The molecule has 0 saturated heterocycles. The van der Waals surface area contributed by atoms with Gasteiger partial charge in [0.1, 0.15) is 6.61 Å². The number of aryl methyl sites for hydroxylation is 1. The van der Waals surface area contributed by atoms with Crippen molar-refractivity contribution in [2.45, 2.75) is 26.7 Å². The van der Waals surface area contributed by atoms with E-state index in [1.807, 2.05) is 24.3 Å². The monoisotopic (exact) mass is 430 g/mol. The molecule has 1 aliphatic heterocycles. The van der Waals surface area contributed by atoms with E-state index in [-0.39, 0.29) is 25.3 Å². The van der Waals surface area contributed by atoms with Crippen LogP contribution in [0.3, 0.4) is 0 Å². The summed E-state index contributed by atoms with van der Waals surface area (Å²) >= 11 is 3.44. The first kappa shape index (κ1) is 17.7. The second-order valence-electron chi connectivity index (χ2n) is 6.37. The van der Waals surface area contributed by atoms with Gasteiger partial charge < -0.3 is 19.5 Å². The van der Waals surface area contributed by atoms with Crippen LogP contribution in [0.1, 0.15) is 22.3 Å². The third kappa shape index (κ3) is 2.81. The Labute approximate surface area is 162 Å². The van der Waals surface area contributed by atoms with Gasteiger partial charge in [0.2, 0.25) is 0 Å². The minimum atomic E-state index is -1.43. The molecule has 1 aliphatic rings. The summed E-state index contributed by atoms with van der Waals surface area (Å²) in [5, 5.41) is 19.5. The van der Waals surface area contributed by atoms with Crippen LogP contribution in [0.4, 0.5) is 4.79 Å². The van der Waals surface area contributed by atoms with E-state index in [0.29, 0.717) is 22.5 Å². The third-order valence-corrected chi connectivity index (χ3v) is 5.34. The number of benzene rings is 1. The van der Waals surface area contributed by atoms with Gasteiger partial charge in [0, 0.05) is 15.4 Å². The molecule has 0 atom stereocenters. The molecule has 3 heterocycles. The van der Waals surface area contributed by atoms with Crippen molar-refractivity contribution >= 4 is 33.0 Å². The largest absolute Gasteiger partial charge is 0.506 e. The van der Waals surface area contributed by atoms with Crippen molar-refractivity contribution in [1.82, 2.24) is 9.55 Å². The summed E-state index contributed by atoms with van der Waals surface area (Å²) in [5.41, 5.74) is 4.23. The van der Waals surface area contributed by atoms with E-state index in [2.05, 4.69) is 20.7 Å².